The van der Waals surface area contributed by atoms with E-state index in [-0.39, 0.29) is 5.54 Å². The van der Waals surface area contributed by atoms with Crippen LogP contribution in [0.15, 0.2) is 83.6 Å². The first-order valence-electron chi connectivity index (χ1n) is 12.2. The summed E-state index contributed by atoms with van der Waals surface area (Å²) >= 11 is 0. The van der Waals surface area contributed by atoms with Crippen molar-refractivity contribution in [3.63, 3.8) is 0 Å². The van der Waals surface area contributed by atoms with Crippen LogP contribution in [0.1, 0.15) is 30.6 Å². The molecule has 4 aromatic heterocycles. The summed E-state index contributed by atoms with van der Waals surface area (Å²) in [4.78, 5) is 5.14. The zero-order valence-corrected chi connectivity index (χ0v) is 19.8. The van der Waals surface area contributed by atoms with Crippen molar-refractivity contribution in [1.29, 1.82) is 0 Å². The molecule has 1 fully saturated rings. The van der Waals surface area contributed by atoms with Gasteiger partial charge in [0.15, 0.2) is 11.5 Å². The van der Waals surface area contributed by atoms with Crippen molar-refractivity contribution in [2.24, 2.45) is 5.73 Å². The van der Waals surface area contributed by atoms with E-state index < -0.39 is 0 Å². The van der Waals surface area contributed by atoms with Crippen LogP contribution in [0, 0.1) is 6.92 Å². The molecular formula is C29H24N6O. The molecule has 6 aromatic rings. The van der Waals surface area contributed by atoms with Crippen LogP contribution in [0.25, 0.3) is 50.3 Å². The molecule has 0 spiro atoms. The zero-order chi connectivity index (χ0) is 24.3. The van der Waals surface area contributed by atoms with Crippen molar-refractivity contribution >= 4 is 16.6 Å². The van der Waals surface area contributed by atoms with Crippen LogP contribution in [-0.4, -0.2) is 24.7 Å². The lowest BCUT2D eigenvalue weighted by atomic mass is 9.72. The van der Waals surface area contributed by atoms with Gasteiger partial charge in [0.1, 0.15) is 5.76 Å². The number of rotatable bonds is 4. The van der Waals surface area contributed by atoms with Crippen LogP contribution in [-0.2, 0) is 5.54 Å². The fourth-order valence-corrected chi connectivity index (χ4v) is 5.16. The average molecular weight is 473 g/mol. The summed E-state index contributed by atoms with van der Waals surface area (Å²) in [7, 11) is 0. The van der Waals surface area contributed by atoms with E-state index in [1.54, 1.807) is 6.20 Å². The second-order valence-corrected chi connectivity index (χ2v) is 9.60. The molecule has 0 aliphatic heterocycles. The predicted octanol–water partition coefficient (Wildman–Crippen LogP) is 5.91. The Labute approximate surface area is 207 Å². The fraction of sp³-hybridized carbons (Fsp3) is 0.172. The Hall–Kier alpha value is -4.36. The lowest BCUT2D eigenvalue weighted by molar-refractivity contribution is 0.253. The van der Waals surface area contributed by atoms with Crippen molar-refractivity contribution in [2.45, 2.75) is 31.7 Å². The maximum atomic E-state index is 6.57. The topological polar surface area (TPSA) is 95.1 Å². The number of aromatic nitrogens is 5. The average Bonchev–Trinajstić information content (AvgIpc) is 3.53. The minimum atomic E-state index is -0.183. The highest BCUT2D eigenvalue weighted by Crippen LogP contribution is 2.40. The third-order valence-corrected chi connectivity index (χ3v) is 7.43. The molecule has 1 aliphatic rings. The van der Waals surface area contributed by atoms with Gasteiger partial charge < -0.3 is 10.3 Å². The molecule has 176 valence electrons. The quantitative estimate of drug-likeness (QED) is 0.343. The van der Waals surface area contributed by atoms with Gasteiger partial charge in [-0.2, -0.15) is 0 Å². The molecular weight excluding hydrogens is 448 g/mol. The summed E-state index contributed by atoms with van der Waals surface area (Å²) in [6, 6.07) is 23.1. The van der Waals surface area contributed by atoms with Crippen LogP contribution < -0.4 is 5.73 Å². The van der Waals surface area contributed by atoms with Gasteiger partial charge in [-0.3, -0.25) is 4.40 Å². The molecule has 0 bridgehead atoms. The van der Waals surface area contributed by atoms with E-state index in [0.717, 1.165) is 57.3 Å². The van der Waals surface area contributed by atoms with Gasteiger partial charge in [-0.05, 0) is 49.4 Å². The van der Waals surface area contributed by atoms with Crippen molar-refractivity contribution in [1.82, 2.24) is 24.7 Å². The van der Waals surface area contributed by atoms with Gasteiger partial charge in [0.2, 0.25) is 0 Å². The number of pyridine rings is 2. The fourth-order valence-electron chi connectivity index (χ4n) is 5.16. The standard InChI is InChI=1S/C29H24N6O/c1-18-24(17-31-36-18)28-34-33-27-23-16-22(19-6-3-2-4-7-19)26(32-25(23)12-15-35(27)28)20-8-10-21(11-9-20)29(30)13-5-14-29/h2-4,6-12,15-17H,5,13-14,30H2,1H3. The molecule has 36 heavy (non-hydrogen) atoms. The Balaban J connectivity index is 1.43. The molecule has 0 unspecified atom stereocenters. The summed E-state index contributed by atoms with van der Waals surface area (Å²) in [5.41, 5.74) is 14.1. The summed E-state index contributed by atoms with van der Waals surface area (Å²) < 4.78 is 7.22. The molecule has 1 saturated carbocycles. The number of hydrogen-bond donors (Lipinski definition) is 1. The Morgan fingerprint density at radius 2 is 1.72 bits per heavy atom. The lowest BCUT2D eigenvalue weighted by Gasteiger charge is -2.38. The third kappa shape index (κ3) is 3.17. The Morgan fingerprint density at radius 3 is 2.42 bits per heavy atom. The van der Waals surface area contributed by atoms with E-state index in [9.17, 15) is 0 Å². The number of fused-ring (bicyclic) bond motifs is 3. The van der Waals surface area contributed by atoms with Gasteiger partial charge >= 0.3 is 0 Å². The monoisotopic (exact) mass is 472 g/mol. The Bertz CT molecular complexity index is 1730. The van der Waals surface area contributed by atoms with E-state index in [2.05, 4.69) is 57.8 Å². The van der Waals surface area contributed by atoms with E-state index in [0.29, 0.717) is 11.6 Å². The molecule has 0 saturated heterocycles. The van der Waals surface area contributed by atoms with Gasteiger partial charge in [-0.1, -0.05) is 59.8 Å². The molecule has 7 heteroatoms. The van der Waals surface area contributed by atoms with Gasteiger partial charge in [0.05, 0.1) is 23.0 Å². The SMILES string of the molecule is Cc1oncc1-c1nnc2c3cc(-c4ccccc4)c(-c4ccc(C5(N)CCC5)cc4)nc3ccn12. The van der Waals surface area contributed by atoms with Crippen molar-refractivity contribution in [2.75, 3.05) is 0 Å². The van der Waals surface area contributed by atoms with Crippen LogP contribution in [0.5, 0.6) is 0 Å². The highest BCUT2D eigenvalue weighted by molar-refractivity contribution is 5.98. The van der Waals surface area contributed by atoms with Crippen molar-refractivity contribution < 1.29 is 4.52 Å². The highest BCUT2D eigenvalue weighted by atomic mass is 16.5. The van der Waals surface area contributed by atoms with E-state index in [1.165, 1.54) is 12.0 Å². The number of hydrogen-bond acceptors (Lipinski definition) is 6. The second kappa shape index (κ2) is 7.83. The van der Waals surface area contributed by atoms with Crippen LogP contribution in [0.3, 0.4) is 0 Å². The van der Waals surface area contributed by atoms with Gasteiger partial charge in [-0.25, -0.2) is 4.98 Å². The molecule has 0 amide bonds. The molecule has 0 atom stereocenters. The van der Waals surface area contributed by atoms with E-state index in [1.807, 2.05) is 41.8 Å². The van der Waals surface area contributed by atoms with E-state index in [4.69, 9.17) is 15.2 Å². The number of aryl methyl sites for hydroxylation is 1. The molecule has 7 nitrogen and oxygen atoms in total. The molecule has 2 N–H and O–H groups in total. The second-order valence-electron chi connectivity index (χ2n) is 9.60. The first kappa shape index (κ1) is 21.0. The zero-order valence-electron chi connectivity index (χ0n) is 19.8. The molecule has 7 rings (SSSR count). The van der Waals surface area contributed by atoms with Gasteiger partial charge in [-0.15, -0.1) is 10.2 Å². The molecule has 0 radical (unpaired) electrons. The lowest BCUT2D eigenvalue weighted by Crippen LogP contribution is -2.43. The van der Waals surface area contributed by atoms with Gasteiger partial charge in [0, 0.05) is 28.2 Å². The third-order valence-electron chi connectivity index (χ3n) is 7.43. The smallest absolute Gasteiger partial charge is 0.173 e. The van der Waals surface area contributed by atoms with Crippen LogP contribution in [0.2, 0.25) is 0 Å². The number of nitrogens with zero attached hydrogens (tertiary/aromatic N) is 5. The van der Waals surface area contributed by atoms with Gasteiger partial charge in [0.25, 0.3) is 0 Å². The van der Waals surface area contributed by atoms with Crippen molar-refractivity contribution in [3.8, 4) is 33.8 Å². The molecule has 4 heterocycles. The predicted molar refractivity (Wildman–Crippen MR) is 139 cm³/mol. The Morgan fingerprint density at radius 1 is 0.917 bits per heavy atom. The Kier molecular flexibility index (Phi) is 4.56. The van der Waals surface area contributed by atoms with Crippen LogP contribution >= 0.6 is 0 Å². The number of nitrogens with two attached hydrogens (primary N) is 1. The maximum Gasteiger partial charge on any atom is 0.173 e. The number of benzene rings is 2. The minimum absolute atomic E-state index is 0.183. The maximum absolute atomic E-state index is 6.57. The first-order chi connectivity index (χ1) is 17.6. The van der Waals surface area contributed by atoms with Crippen LogP contribution in [0.4, 0.5) is 0 Å². The summed E-state index contributed by atoms with van der Waals surface area (Å²) in [6.45, 7) is 1.87. The largest absolute Gasteiger partial charge is 0.361 e. The molecule has 1 aliphatic carbocycles. The summed E-state index contributed by atoms with van der Waals surface area (Å²) in [6.07, 6.45) is 6.90. The summed E-state index contributed by atoms with van der Waals surface area (Å²) in [5.74, 6) is 1.39. The highest BCUT2D eigenvalue weighted by Gasteiger charge is 2.34. The molecule has 2 aromatic carbocycles. The van der Waals surface area contributed by atoms with Crippen molar-refractivity contribution in [3.05, 3.63) is 90.4 Å². The first-order valence-corrected chi connectivity index (χ1v) is 12.2. The minimum Gasteiger partial charge on any atom is -0.361 e. The van der Waals surface area contributed by atoms with E-state index >= 15 is 0 Å². The normalized spacial score (nSPS) is 14.8. The summed E-state index contributed by atoms with van der Waals surface area (Å²) in [5, 5.41) is 13.8.